The van der Waals surface area contributed by atoms with E-state index >= 15 is 0 Å². The van der Waals surface area contributed by atoms with Gasteiger partial charge in [-0.2, -0.15) is 0 Å². The summed E-state index contributed by atoms with van der Waals surface area (Å²) in [6.45, 7) is 4.57. The third-order valence-electron chi connectivity index (χ3n) is 6.98. The van der Waals surface area contributed by atoms with Gasteiger partial charge in [-0.05, 0) is 56.0 Å². The van der Waals surface area contributed by atoms with Crippen molar-refractivity contribution in [1.82, 2.24) is 0 Å². The number of para-hydroxylation sites is 2. The Bertz CT molecular complexity index is 1050. The highest BCUT2D eigenvalue weighted by Gasteiger charge is 2.42. The lowest BCUT2D eigenvalue weighted by Crippen LogP contribution is -2.34. The van der Waals surface area contributed by atoms with Crippen molar-refractivity contribution in [2.24, 2.45) is 5.92 Å². The third kappa shape index (κ3) is 3.65. The van der Waals surface area contributed by atoms with Crippen molar-refractivity contribution in [3.05, 3.63) is 107 Å². The maximum atomic E-state index is 2.63. The van der Waals surface area contributed by atoms with E-state index < -0.39 is 0 Å². The predicted octanol–water partition coefficient (Wildman–Crippen LogP) is 7.83. The fraction of sp³-hybridized carbons (Fsp3) is 0.310. The van der Waals surface area contributed by atoms with Crippen molar-refractivity contribution < 1.29 is 0 Å². The van der Waals surface area contributed by atoms with Crippen molar-refractivity contribution >= 4 is 11.4 Å². The lowest BCUT2D eigenvalue weighted by Gasteiger charge is -2.37. The Hall–Kier alpha value is -3.00. The van der Waals surface area contributed by atoms with Gasteiger partial charge in [0.15, 0.2) is 0 Å². The monoisotopic (exact) mass is 408 g/mol. The van der Waals surface area contributed by atoms with E-state index in [4.69, 9.17) is 0 Å². The van der Waals surface area contributed by atoms with Crippen LogP contribution in [0.3, 0.4) is 0 Å². The van der Waals surface area contributed by atoms with Gasteiger partial charge in [0.1, 0.15) is 6.17 Å². The smallest absolute Gasteiger partial charge is 0.136 e. The average Bonchev–Trinajstić information content (AvgIpc) is 3.14. The molecule has 2 heteroatoms. The molecule has 0 amide bonds. The molecule has 1 aliphatic carbocycles. The molecule has 3 aromatic carbocycles. The minimum absolute atomic E-state index is 0.127. The third-order valence-corrected chi connectivity index (χ3v) is 6.98. The largest absolute Gasteiger partial charge is 0.318 e. The number of anilines is 2. The molecule has 5 rings (SSSR count). The van der Waals surface area contributed by atoms with Gasteiger partial charge in [0, 0.05) is 28.7 Å². The number of hydrogen-bond donors (Lipinski definition) is 0. The van der Waals surface area contributed by atoms with Crippen LogP contribution < -0.4 is 9.80 Å². The van der Waals surface area contributed by atoms with Gasteiger partial charge < -0.3 is 9.80 Å². The summed E-state index contributed by atoms with van der Waals surface area (Å²) in [5.74, 6) is 0.620. The minimum atomic E-state index is 0.127. The molecule has 2 nitrogen and oxygen atoms in total. The molecular formula is C29H32N2. The summed E-state index contributed by atoms with van der Waals surface area (Å²) in [6.07, 6.45) is 6.76. The molecule has 3 aromatic rings. The van der Waals surface area contributed by atoms with Gasteiger partial charge in [0.25, 0.3) is 0 Å². The molecule has 0 aromatic heterocycles. The molecule has 0 spiro atoms. The fourth-order valence-electron chi connectivity index (χ4n) is 5.53. The first kappa shape index (κ1) is 19.9. The van der Waals surface area contributed by atoms with Gasteiger partial charge in [-0.25, -0.2) is 0 Å². The van der Waals surface area contributed by atoms with Gasteiger partial charge in [0.2, 0.25) is 0 Å². The maximum absolute atomic E-state index is 2.63. The highest BCUT2D eigenvalue weighted by Crippen LogP contribution is 2.50. The standard InChI is InChI=1S/C29H32N2/c1-22-14-12-13-21-27(22)30-23(2)28(24-15-6-3-7-16-24)31(26-19-10-5-11-20-26)29(30)25-17-8-4-9-18-25/h4-5,8-14,17-21,24,29H,3,6-7,15-16H2,1-2H3. The SMILES string of the molecule is CC1=C(C2CCCCC2)N(c2ccccc2)C(c2ccccc2)N1c1ccccc1C. The van der Waals surface area contributed by atoms with E-state index in [1.807, 2.05) is 0 Å². The summed E-state index contributed by atoms with van der Waals surface area (Å²) in [5, 5.41) is 0. The van der Waals surface area contributed by atoms with E-state index in [0.717, 1.165) is 0 Å². The van der Waals surface area contributed by atoms with E-state index in [9.17, 15) is 0 Å². The van der Waals surface area contributed by atoms with Gasteiger partial charge in [-0.1, -0.05) is 86.0 Å². The lowest BCUT2D eigenvalue weighted by atomic mass is 9.85. The van der Waals surface area contributed by atoms with Crippen LogP contribution >= 0.6 is 0 Å². The Kier molecular flexibility index (Phi) is 5.55. The predicted molar refractivity (Wildman–Crippen MR) is 131 cm³/mol. The molecule has 1 unspecified atom stereocenters. The van der Waals surface area contributed by atoms with Crippen LogP contribution in [-0.2, 0) is 0 Å². The first-order valence-corrected chi connectivity index (χ1v) is 11.7. The van der Waals surface area contributed by atoms with Gasteiger partial charge in [0.05, 0.1) is 0 Å². The Morgan fingerprint density at radius 3 is 1.94 bits per heavy atom. The van der Waals surface area contributed by atoms with E-state index in [2.05, 4.69) is 109 Å². The molecule has 0 N–H and O–H groups in total. The van der Waals surface area contributed by atoms with Crippen LogP contribution in [-0.4, -0.2) is 0 Å². The fourth-order valence-corrected chi connectivity index (χ4v) is 5.53. The highest BCUT2D eigenvalue weighted by molar-refractivity contribution is 5.70. The van der Waals surface area contributed by atoms with Crippen molar-refractivity contribution in [1.29, 1.82) is 0 Å². The van der Waals surface area contributed by atoms with Crippen LogP contribution in [0.15, 0.2) is 96.3 Å². The van der Waals surface area contributed by atoms with Crippen LogP contribution in [0.2, 0.25) is 0 Å². The molecule has 2 aliphatic rings. The van der Waals surface area contributed by atoms with Gasteiger partial charge in [-0.3, -0.25) is 0 Å². The first-order chi connectivity index (χ1) is 15.3. The molecule has 1 fully saturated rings. The molecule has 0 bridgehead atoms. The van der Waals surface area contributed by atoms with E-state index in [0.29, 0.717) is 5.92 Å². The minimum Gasteiger partial charge on any atom is -0.318 e. The molecule has 158 valence electrons. The summed E-state index contributed by atoms with van der Waals surface area (Å²) in [6, 6.07) is 30.8. The second-order valence-corrected chi connectivity index (χ2v) is 8.95. The maximum Gasteiger partial charge on any atom is 0.136 e. The Morgan fingerprint density at radius 1 is 0.645 bits per heavy atom. The molecule has 0 radical (unpaired) electrons. The summed E-state index contributed by atoms with van der Waals surface area (Å²) in [4.78, 5) is 5.22. The molecule has 1 atom stereocenters. The van der Waals surface area contributed by atoms with Crippen LogP contribution in [0.5, 0.6) is 0 Å². The zero-order chi connectivity index (χ0) is 21.2. The normalized spacial score (nSPS) is 19.9. The second kappa shape index (κ2) is 8.63. The van der Waals surface area contributed by atoms with Crippen molar-refractivity contribution in [3.8, 4) is 0 Å². The summed E-state index contributed by atoms with van der Waals surface area (Å²) in [5.41, 5.74) is 8.16. The number of nitrogens with zero attached hydrogens (tertiary/aromatic N) is 2. The number of hydrogen-bond acceptors (Lipinski definition) is 2. The number of aryl methyl sites for hydroxylation is 1. The molecule has 1 saturated carbocycles. The number of allylic oxidation sites excluding steroid dienone is 2. The van der Waals surface area contributed by atoms with Gasteiger partial charge >= 0.3 is 0 Å². The second-order valence-electron chi connectivity index (χ2n) is 8.95. The molecule has 1 heterocycles. The molecular weight excluding hydrogens is 376 g/mol. The van der Waals surface area contributed by atoms with E-state index in [1.165, 1.54) is 66.0 Å². The summed E-state index contributed by atoms with van der Waals surface area (Å²) >= 11 is 0. The number of rotatable bonds is 4. The van der Waals surface area contributed by atoms with Crippen LogP contribution in [0, 0.1) is 12.8 Å². The van der Waals surface area contributed by atoms with Gasteiger partial charge in [-0.15, -0.1) is 0 Å². The Balaban J connectivity index is 1.73. The Labute approximate surface area is 186 Å². The zero-order valence-electron chi connectivity index (χ0n) is 18.7. The first-order valence-electron chi connectivity index (χ1n) is 11.7. The van der Waals surface area contributed by atoms with E-state index in [1.54, 1.807) is 0 Å². The van der Waals surface area contributed by atoms with Crippen LogP contribution in [0.4, 0.5) is 11.4 Å². The number of benzene rings is 3. The van der Waals surface area contributed by atoms with Crippen molar-refractivity contribution in [2.45, 2.75) is 52.1 Å². The van der Waals surface area contributed by atoms with E-state index in [-0.39, 0.29) is 6.17 Å². The van der Waals surface area contributed by atoms with Crippen molar-refractivity contribution in [2.75, 3.05) is 9.80 Å². The lowest BCUT2D eigenvalue weighted by molar-refractivity contribution is 0.394. The molecule has 0 saturated heterocycles. The topological polar surface area (TPSA) is 6.48 Å². The van der Waals surface area contributed by atoms with Crippen molar-refractivity contribution in [3.63, 3.8) is 0 Å². The molecule has 1 aliphatic heterocycles. The molecule has 31 heavy (non-hydrogen) atoms. The summed E-state index contributed by atoms with van der Waals surface area (Å²) in [7, 11) is 0. The van der Waals surface area contributed by atoms with Crippen LogP contribution in [0.25, 0.3) is 0 Å². The zero-order valence-corrected chi connectivity index (χ0v) is 18.7. The summed E-state index contributed by atoms with van der Waals surface area (Å²) < 4.78 is 0. The Morgan fingerprint density at radius 2 is 1.26 bits per heavy atom. The highest BCUT2D eigenvalue weighted by atomic mass is 15.4. The quantitative estimate of drug-likeness (QED) is 0.434. The average molecular weight is 409 g/mol. The van der Waals surface area contributed by atoms with Crippen LogP contribution in [0.1, 0.15) is 56.3 Å².